The summed E-state index contributed by atoms with van der Waals surface area (Å²) in [7, 11) is 0. The molecule has 0 amide bonds. The summed E-state index contributed by atoms with van der Waals surface area (Å²) in [5, 5.41) is 13.6. The zero-order chi connectivity index (χ0) is 17.9. The first-order valence-corrected chi connectivity index (χ1v) is 8.10. The number of fused-ring (bicyclic) bond motifs is 1. The molecule has 0 fully saturated rings. The normalized spacial score (nSPS) is 12.0. The molecule has 0 N–H and O–H groups in total. The molecule has 0 aliphatic rings. The lowest BCUT2D eigenvalue weighted by molar-refractivity contribution is 0.0970. The van der Waals surface area contributed by atoms with Crippen molar-refractivity contribution in [3.63, 3.8) is 0 Å². The predicted molar refractivity (Wildman–Crippen MR) is 94.5 cm³/mol. The van der Waals surface area contributed by atoms with E-state index in [0.717, 1.165) is 5.56 Å². The van der Waals surface area contributed by atoms with Gasteiger partial charge in [0, 0.05) is 18.0 Å². The average molecular weight is 342 g/mol. The maximum atomic E-state index is 12.7. The molecular weight excluding hydrogens is 328 g/mol. The zero-order valence-electron chi connectivity index (χ0n) is 13.7. The Morgan fingerprint density at radius 2 is 1.96 bits per heavy atom. The van der Waals surface area contributed by atoms with E-state index in [9.17, 15) is 10.1 Å². The number of aromatic nitrogens is 3. The van der Waals surface area contributed by atoms with Crippen LogP contribution in [-0.2, 0) is 6.54 Å². The molecule has 1 atom stereocenters. The van der Waals surface area contributed by atoms with E-state index in [4.69, 9.17) is 4.42 Å². The van der Waals surface area contributed by atoms with Crippen LogP contribution in [0.2, 0.25) is 0 Å². The molecule has 0 aliphatic carbocycles. The number of hydrogen-bond donors (Lipinski definition) is 0. The Morgan fingerprint density at radius 3 is 2.65 bits per heavy atom. The van der Waals surface area contributed by atoms with Gasteiger partial charge in [-0.3, -0.25) is 9.48 Å². The minimum absolute atomic E-state index is 0.124. The summed E-state index contributed by atoms with van der Waals surface area (Å²) >= 11 is 0. The van der Waals surface area contributed by atoms with Gasteiger partial charge in [0.1, 0.15) is 5.52 Å². The highest BCUT2D eigenvalue weighted by Crippen LogP contribution is 2.24. The van der Waals surface area contributed by atoms with Crippen LogP contribution in [0.3, 0.4) is 0 Å². The minimum Gasteiger partial charge on any atom is -0.439 e. The van der Waals surface area contributed by atoms with Gasteiger partial charge >= 0.3 is 0 Å². The van der Waals surface area contributed by atoms with Gasteiger partial charge in [-0.2, -0.15) is 10.4 Å². The van der Waals surface area contributed by atoms with Crippen LogP contribution in [0.5, 0.6) is 0 Å². The van der Waals surface area contributed by atoms with Crippen molar-refractivity contribution in [3.05, 3.63) is 84.0 Å². The topological polar surface area (TPSA) is 84.7 Å². The highest BCUT2D eigenvalue weighted by molar-refractivity contribution is 6.02. The maximum absolute atomic E-state index is 12.7. The van der Waals surface area contributed by atoms with Crippen LogP contribution >= 0.6 is 0 Å². The van der Waals surface area contributed by atoms with Crippen LogP contribution in [0.4, 0.5) is 0 Å². The fourth-order valence-electron chi connectivity index (χ4n) is 2.76. The van der Waals surface area contributed by atoms with Crippen molar-refractivity contribution in [3.8, 4) is 6.07 Å². The number of carbonyl (C=O) groups is 1. The molecule has 0 bridgehead atoms. The number of Topliss-reactive ketones (excluding diaryl/α,β-unsaturated/α-hetero) is 1. The molecule has 0 radical (unpaired) electrons. The molecule has 0 spiro atoms. The van der Waals surface area contributed by atoms with E-state index in [-0.39, 0.29) is 11.7 Å². The van der Waals surface area contributed by atoms with E-state index in [2.05, 4.69) is 10.1 Å². The van der Waals surface area contributed by atoms with Gasteiger partial charge in [0.05, 0.1) is 12.6 Å². The number of carbonyl (C=O) groups excluding carboxylic acids is 1. The molecule has 0 saturated heterocycles. The minimum atomic E-state index is -1.07. The fourth-order valence-corrected chi connectivity index (χ4v) is 2.76. The van der Waals surface area contributed by atoms with Crippen LogP contribution in [0, 0.1) is 11.3 Å². The van der Waals surface area contributed by atoms with Crippen molar-refractivity contribution in [2.75, 3.05) is 0 Å². The van der Waals surface area contributed by atoms with Crippen LogP contribution in [-0.4, -0.2) is 20.5 Å². The van der Waals surface area contributed by atoms with E-state index in [1.54, 1.807) is 35.1 Å². The number of para-hydroxylation sites is 2. The molecule has 6 heteroatoms. The Labute approximate surface area is 149 Å². The second-order valence-electron chi connectivity index (χ2n) is 5.85. The monoisotopic (exact) mass is 342 g/mol. The SMILES string of the molecule is N#C[C@@H](C(=O)c1ccc(Cn2cccn2)cc1)c1nc2ccccc2o1. The summed E-state index contributed by atoms with van der Waals surface area (Å²) in [5.74, 6) is -1.27. The third-order valence-electron chi connectivity index (χ3n) is 4.09. The first kappa shape index (κ1) is 15.8. The second-order valence-corrected chi connectivity index (χ2v) is 5.85. The van der Waals surface area contributed by atoms with Crippen LogP contribution in [0.15, 0.2) is 71.4 Å². The van der Waals surface area contributed by atoms with Gasteiger partial charge in [-0.15, -0.1) is 0 Å². The van der Waals surface area contributed by atoms with Crippen molar-refractivity contribution in [1.82, 2.24) is 14.8 Å². The number of ketones is 1. The largest absolute Gasteiger partial charge is 0.439 e. The Hall–Kier alpha value is -3.72. The Balaban J connectivity index is 1.57. The van der Waals surface area contributed by atoms with Gasteiger partial charge in [-0.05, 0) is 23.8 Å². The van der Waals surface area contributed by atoms with Crippen LogP contribution in [0.25, 0.3) is 11.1 Å². The quantitative estimate of drug-likeness (QED) is 0.518. The maximum Gasteiger partial charge on any atom is 0.220 e. The molecule has 2 aromatic carbocycles. The summed E-state index contributed by atoms with van der Waals surface area (Å²) in [5.41, 5.74) is 2.65. The molecular formula is C20H14N4O2. The summed E-state index contributed by atoms with van der Waals surface area (Å²) in [6.45, 7) is 0.619. The summed E-state index contributed by atoms with van der Waals surface area (Å²) in [6.07, 6.45) is 3.59. The van der Waals surface area contributed by atoms with E-state index < -0.39 is 5.92 Å². The second kappa shape index (κ2) is 6.65. The summed E-state index contributed by atoms with van der Waals surface area (Å²) in [4.78, 5) is 17.0. The first-order chi connectivity index (χ1) is 12.7. The van der Waals surface area contributed by atoms with Gasteiger partial charge in [0.15, 0.2) is 17.3 Å². The van der Waals surface area contributed by atoms with Gasteiger partial charge in [0.25, 0.3) is 0 Å². The fraction of sp³-hybridized carbons (Fsp3) is 0.100. The van der Waals surface area contributed by atoms with Crippen LogP contribution < -0.4 is 0 Å². The predicted octanol–water partition coefficient (Wildman–Crippen LogP) is 3.56. The third-order valence-corrected chi connectivity index (χ3v) is 4.09. The average Bonchev–Trinajstić information content (AvgIpc) is 3.32. The van der Waals surface area contributed by atoms with Crippen molar-refractivity contribution in [2.45, 2.75) is 12.5 Å². The van der Waals surface area contributed by atoms with Gasteiger partial charge < -0.3 is 4.42 Å². The lowest BCUT2D eigenvalue weighted by Gasteiger charge is -2.06. The van der Waals surface area contributed by atoms with Gasteiger partial charge in [-0.1, -0.05) is 36.4 Å². The molecule has 26 heavy (non-hydrogen) atoms. The number of nitrogens with zero attached hydrogens (tertiary/aromatic N) is 4. The van der Waals surface area contributed by atoms with Crippen molar-refractivity contribution >= 4 is 16.9 Å². The van der Waals surface area contributed by atoms with Crippen molar-refractivity contribution in [2.24, 2.45) is 0 Å². The van der Waals surface area contributed by atoms with E-state index in [1.807, 2.05) is 42.6 Å². The van der Waals surface area contributed by atoms with E-state index in [1.165, 1.54) is 0 Å². The first-order valence-electron chi connectivity index (χ1n) is 8.10. The zero-order valence-corrected chi connectivity index (χ0v) is 13.7. The third kappa shape index (κ3) is 2.98. The molecule has 0 unspecified atom stereocenters. The molecule has 2 aromatic heterocycles. The summed E-state index contributed by atoms with van der Waals surface area (Å²) in [6, 6.07) is 18.2. The highest BCUT2D eigenvalue weighted by atomic mass is 16.3. The van der Waals surface area contributed by atoms with Crippen LogP contribution in [0.1, 0.15) is 27.7 Å². The molecule has 0 saturated carbocycles. The number of nitriles is 1. The molecule has 0 aliphatic heterocycles. The number of rotatable bonds is 5. The van der Waals surface area contributed by atoms with Gasteiger partial charge in [0.2, 0.25) is 5.89 Å². The standard InChI is InChI=1S/C20H14N4O2/c21-12-16(20-23-17-4-1-2-5-18(17)26-20)19(25)15-8-6-14(7-9-15)13-24-11-3-10-22-24/h1-11,16H,13H2/t16-/m0/s1. The molecule has 4 rings (SSSR count). The Kier molecular flexibility index (Phi) is 4.04. The van der Waals surface area contributed by atoms with Crippen molar-refractivity contribution < 1.29 is 9.21 Å². The molecule has 126 valence electrons. The number of benzene rings is 2. The number of oxazole rings is 1. The molecule has 2 heterocycles. The smallest absolute Gasteiger partial charge is 0.220 e. The lowest BCUT2D eigenvalue weighted by Crippen LogP contribution is -2.12. The Morgan fingerprint density at radius 1 is 1.15 bits per heavy atom. The van der Waals surface area contributed by atoms with Gasteiger partial charge in [-0.25, -0.2) is 4.98 Å². The Bertz CT molecular complexity index is 1060. The molecule has 4 aromatic rings. The van der Waals surface area contributed by atoms with E-state index in [0.29, 0.717) is 23.2 Å². The summed E-state index contributed by atoms with van der Waals surface area (Å²) < 4.78 is 7.39. The lowest BCUT2D eigenvalue weighted by atomic mass is 9.98. The highest BCUT2D eigenvalue weighted by Gasteiger charge is 2.27. The van der Waals surface area contributed by atoms with Crippen molar-refractivity contribution in [1.29, 1.82) is 5.26 Å². The molecule has 6 nitrogen and oxygen atoms in total. The van der Waals surface area contributed by atoms with E-state index >= 15 is 0 Å². The number of hydrogen-bond acceptors (Lipinski definition) is 5.